The number of halogens is 2. The first kappa shape index (κ1) is 17.2. The van der Waals surface area contributed by atoms with Crippen molar-refractivity contribution in [3.63, 3.8) is 0 Å². The molecule has 2 heterocycles. The monoisotopic (exact) mass is 378 g/mol. The Morgan fingerprint density at radius 3 is 2.68 bits per heavy atom. The summed E-state index contributed by atoms with van der Waals surface area (Å²) in [6, 6.07) is 9.90. The van der Waals surface area contributed by atoms with Crippen molar-refractivity contribution in [1.29, 1.82) is 0 Å². The Morgan fingerprint density at radius 1 is 1.20 bits per heavy atom. The van der Waals surface area contributed by atoms with Crippen LogP contribution in [0.2, 0.25) is 0 Å². The van der Waals surface area contributed by atoms with Crippen molar-refractivity contribution in [2.75, 3.05) is 5.32 Å². The maximum absolute atomic E-state index is 12.1. The average Bonchev–Trinajstić information content (AvgIpc) is 3.25. The molecule has 3 aromatic rings. The number of ether oxygens (including phenoxy) is 1. The average molecular weight is 378 g/mol. The van der Waals surface area contributed by atoms with Gasteiger partial charge in [-0.15, -0.1) is 22.7 Å². The van der Waals surface area contributed by atoms with Crippen LogP contribution >= 0.6 is 22.7 Å². The summed E-state index contributed by atoms with van der Waals surface area (Å²) in [4.78, 5) is 17.3. The summed E-state index contributed by atoms with van der Waals surface area (Å²) in [5.41, 5.74) is 1.52. The van der Waals surface area contributed by atoms with E-state index in [4.69, 9.17) is 0 Å². The van der Waals surface area contributed by atoms with Crippen molar-refractivity contribution in [1.82, 2.24) is 4.98 Å². The molecular weight excluding hydrogens is 366 g/mol. The molecule has 1 aromatic carbocycles. The van der Waals surface area contributed by atoms with E-state index in [0.29, 0.717) is 10.7 Å². The molecule has 8 heteroatoms. The van der Waals surface area contributed by atoms with Gasteiger partial charge in [0.25, 0.3) is 0 Å². The molecule has 0 aliphatic heterocycles. The molecule has 0 bridgehead atoms. The van der Waals surface area contributed by atoms with Crippen LogP contribution in [0.1, 0.15) is 5.56 Å². The molecule has 2 aromatic heterocycles. The Kier molecular flexibility index (Phi) is 5.52. The molecule has 0 spiro atoms. The molecule has 1 amide bonds. The van der Waals surface area contributed by atoms with Crippen LogP contribution in [0.25, 0.3) is 16.6 Å². The quantitative estimate of drug-likeness (QED) is 0.606. The molecule has 0 aliphatic carbocycles. The molecule has 0 saturated heterocycles. The van der Waals surface area contributed by atoms with Gasteiger partial charge in [-0.05, 0) is 35.2 Å². The molecule has 3 rings (SSSR count). The summed E-state index contributed by atoms with van der Waals surface area (Å²) in [6.07, 6.45) is 2.93. The summed E-state index contributed by atoms with van der Waals surface area (Å²) >= 11 is 2.93. The lowest BCUT2D eigenvalue weighted by atomic mass is 10.2. The highest BCUT2D eigenvalue weighted by Gasteiger charge is 2.07. The van der Waals surface area contributed by atoms with E-state index >= 15 is 0 Å². The van der Waals surface area contributed by atoms with Crippen LogP contribution in [0, 0.1) is 0 Å². The number of carbonyl (C=O) groups excluding carboxylic acids is 1. The zero-order valence-corrected chi connectivity index (χ0v) is 14.3. The standard InChI is InChI=1S/C17H12F2N2O2S2/c18-16(19)23-12-6-3-11(4-7-12)5-8-15(22)21-17-20-13(10-25-17)14-2-1-9-24-14/h1-10,16H,(H,20,21,22)/b8-5+. The number of thiophene rings is 1. The zero-order valence-electron chi connectivity index (χ0n) is 12.7. The van der Waals surface area contributed by atoms with Crippen molar-refractivity contribution in [3.8, 4) is 16.3 Å². The summed E-state index contributed by atoms with van der Waals surface area (Å²) in [5.74, 6) is -0.250. The van der Waals surface area contributed by atoms with Crippen molar-refractivity contribution in [3.05, 3.63) is 58.8 Å². The molecule has 25 heavy (non-hydrogen) atoms. The fourth-order valence-electron chi connectivity index (χ4n) is 1.95. The predicted octanol–water partition coefficient (Wildman–Crippen LogP) is 5.12. The van der Waals surface area contributed by atoms with Crippen molar-refractivity contribution in [2.45, 2.75) is 6.61 Å². The van der Waals surface area contributed by atoms with Gasteiger partial charge in [-0.1, -0.05) is 18.2 Å². The van der Waals surface area contributed by atoms with Crippen LogP contribution in [-0.2, 0) is 4.79 Å². The number of hydrogen-bond acceptors (Lipinski definition) is 5. The fourth-order valence-corrected chi connectivity index (χ4v) is 3.42. The van der Waals surface area contributed by atoms with E-state index in [1.807, 2.05) is 22.9 Å². The molecule has 0 aliphatic rings. The summed E-state index contributed by atoms with van der Waals surface area (Å²) < 4.78 is 28.4. The summed E-state index contributed by atoms with van der Waals surface area (Å²) in [5, 5.41) is 7.05. The second-order valence-electron chi connectivity index (χ2n) is 4.79. The van der Waals surface area contributed by atoms with E-state index in [0.717, 1.165) is 10.6 Å². The van der Waals surface area contributed by atoms with E-state index in [9.17, 15) is 13.6 Å². The van der Waals surface area contributed by atoms with Crippen molar-refractivity contribution >= 4 is 39.8 Å². The molecule has 0 atom stereocenters. The number of aromatic nitrogens is 1. The van der Waals surface area contributed by atoms with Crippen LogP contribution in [0.15, 0.2) is 53.2 Å². The maximum Gasteiger partial charge on any atom is 0.387 e. The Bertz CT molecular complexity index is 859. The van der Waals surface area contributed by atoms with Gasteiger partial charge in [0.15, 0.2) is 5.13 Å². The third-order valence-electron chi connectivity index (χ3n) is 3.04. The van der Waals surface area contributed by atoms with Crippen LogP contribution < -0.4 is 10.1 Å². The van der Waals surface area contributed by atoms with Gasteiger partial charge in [-0.25, -0.2) is 4.98 Å². The highest BCUT2D eigenvalue weighted by molar-refractivity contribution is 7.16. The number of nitrogens with zero attached hydrogens (tertiary/aromatic N) is 1. The number of hydrogen-bond donors (Lipinski definition) is 1. The van der Waals surface area contributed by atoms with Crippen LogP contribution in [0.5, 0.6) is 5.75 Å². The van der Waals surface area contributed by atoms with Gasteiger partial charge >= 0.3 is 6.61 Å². The largest absolute Gasteiger partial charge is 0.435 e. The zero-order chi connectivity index (χ0) is 17.6. The predicted molar refractivity (Wildman–Crippen MR) is 96.2 cm³/mol. The Morgan fingerprint density at radius 2 is 2.00 bits per heavy atom. The number of thiazole rings is 1. The van der Waals surface area contributed by atoms with Gasteiger partial charge in [-0.2, -0.15) is 8.78 Å². The smallest absolute Gasteiger partial charge is 0.387 e. The lowest BCUT2D eigenvalue weighted by Crippen LogP contribution is -2.07. The number of alkyl halides is 2. The third-order valence-corrected chi connectivity index (χ3v) is 4.69. The van der Waals surface area contributed by atoms with E-state index in [1.54, 1.807) is 29.5 Å². The topological polar surface area (TPSA) is 51.2 Å². The molecule has 1 N–H and O–H groups in total. The second-order valence-corrected chi connectivity index (χ2v) is 6.59. The van der Waals surface area contributed by atoms with Crippen molar-refractivity contribution in [2.24, 2.45) is 0 Å². The second kappa shape index (κ2) is 8.00. The van der Waals surface area contributed by atoms with Gasteiger partial charge in [-0.3, -0.25) is 10.1 Å². The normalized spacial score (nSPS) is 11.2. The molecule has 0 fully saturated rings. The number of amides is 1. The lowest BCUT2D eigenvalue weighted by Gasteiger charge is -2.03. The summed E-state index contributed by atoms with van der Waals surface area (Å²) in [6.45, 7) is -2.86. The van der Waals surface area contributed by atoms with Crippen LogP contribution in [-0.4, -0.2) is 17.5 Å². The summed E-state index contributed by atoms with van der Waals surface area (Å²) in [7, 11) is 0. The van der Waals surface area contributed by atoms with E-state index < -0.39 is 6.61 Å². The number of nitrogens with one attached hydrogen (secondary N) is 1. The Balaban J connectivity index is 1.58. The van der Waals surface area contributed by atoms with Gasteiger partial charge in [0, 0.05) is 11.5 Å². The molecule has 0 saturated carbocycles. The van der Waals surface area contributed by atoms with Crippen LogP contribution in [0.3, 0.4) is 0 Å². The highest BCUT2D eigenvalue weighted by Crippen LogP contribution is 2.28. The molecule has 128 valence electrons. The van der Waals surface area contributed by atoms with E-state index in [2.05, 4.69) is 15.0 Å². The van der Waals surface area contributed by atoms with E-state index in [-0.39, 0.29) is 11.7 Å². The van der Waals surface area contributed by atoms with Crippen LogP contribution in [0.4, 0.5) is 13.9 Å². The Hall–Kier alpha value is -2.58. The molecule has 0 radical (unpaired) electrons. The van der Waals surface area contributed by atoms with Gasteiger partial charge < -0.3 is 4.74 Å². The minimum absolute atomic E-state index is 0.0699. The van der Waals surface area contributed by atoms with Gasteiger partial charge in [0.05, 0.1) is 10.6 Å². The first-order valence-corrected chi connectivity index (χ1v) is 8.89. The molecule has 0 unspecified atom stereocenters. The number of anilines is 1. The maximum atomic E-state index is 12.1. The van der Waals surface area contributed by atoms with Gasteiger partial charge in [0.1, 0.15) is 5.75 Å². The third kappa shape index (κ3) is 4.94. The number of rotatable bonds is 6. The molecular formula is C17H12F2N2O2S2. The minimum Gasteiger partial charge on any atom is -0.435 e. The first-order valence-electron chi connectivity index (χ1n) is 7.13. The first-order chi connectivity index (χ1) is 12.1. The molecule has 4 nitrogen and oxygen atoms in total. The number of carbonyl (C=O) groups is 1. The van der Waals surface area contributed by atoms with E-state index in [1.165, 1.54) is 29.5 Å². The lowest BCUT2D eigenvalue weighted by molar-refractivity contribution is -0.111. The highest BCUT2D eigenvalue weighted by atomic mass is 32.1. The van der Waals surface area contributed by atoms with Gasteiger partial charge in [0.2, 0.25) is 5.91 Å². The van der Waals surface area contributed by atoms with Crippen molar-refractivity contribution < 1.29 is 18.3 Å². The number of benzene rings is 1. The fraction of sp³-hybridized carbons (Fsp3) is 0.0588. The SMILES string of the molecule is O=C(/C=C/c1ccc(OC(F)F)cc1)Nc1nc(-c2cccs2)cs1. The Labute approximate surface area is 150 Å². The minimum atomic E-state index is -2.86.